The van der Waals surface area contributed by atoms with Crippen LogP contribution in [0.3, 0.4) is 0 Å². The van der Waals surface area contributed by atoms with E-state index in [1.807, 2.05) is 60.7 Å². The molecule has 0 aliphatic carbocycles. The summed E-state index contributed by atoms with van der Waals surface area (Å²) in [5.41, 5.74) is 2.31. The van der Waals surface area contributed by atoms with Crippen molar-refractivity contribution in [1.29, 1.82) is 0 Å². The number of nitrogens with zero attached hydrogens (tertiary/aromatic N) is 1. The predicted octanol–water partition coefficient (Wildman–Crippen LogP) is 2.60. The molecule has 3 aromatic rings. The van der Waals surface area contributed by atoms with Crippen molar-refractivity contribution in [3.05, 3.63) is 71.0 Å². The van der Waals surface area contributed by atoms with E-state index in [1.165, 1.54) is 4.68 Å². The number of aromatic nitrogens is 2. The molecule has 0 amide bonds. The Morgan fingerprint density at radius 1 is 0.955 bits per heavy atom. The molecule has 0 saturated carbocycles. The number of carboxylic acid groups (broad SMARTS) is 1. The maximum atomic E-state index is 12.3. The fourth-order valence-corrected chi connectivity index (χ4v) is 2.50. The minimum atomic E-state index is -1.01. The molecular formula is C17H14N2O3. The summed E-state index contributed by atoms with van der Waals surface area (Å²) in [6.07, 6.45) is 0. The van der Waals surface area contributed by atoms with Gasteiger partial charge in [-0.2, -0.15) is 0 Å². The van der Waals surface area contributed by atoms with E-state index < -0.39 is 5.97 Å². The van der Waals surface area contributed by atoms with Gasteiger partial charge in [0, 0.05) is 5.56 Å². The van der Waals surface area contributed by atoms with Crippen molar-refractivity contribution < 1.29 is 9.90 Å². The topological polar surface area (TPSA) is 75.1 Å². The van der Waals surface area contributed by atoms with Gasteiger partial charge < -0.3 is 5.11 Å². The fraction of sp³-hybridized carbons (Fsp3) is 0.0588. The molecule has 110 valence electrons. The molecular weight excluding hydrogens is 280 g/mol. The number of carbonyl (C=O) groups is 1. The lowest BCUT2D eigenvalue weighted by Crippen LogP contribution is -2.13. The summed E-state index contributed by atoms with van der Waals surface area (Å²) in [6.45, 7) is -0.299. The molecule has 2 aromatic carbocycles. The molecule has 22 heavy (non-hydrogen) atoms. The van der Waals surface area contributed by atoms with Crippen LogP contribution in [0.25, 0.3) is 22.4 Å². The van der Waals surface area contributed by atoms with Crippen LogP contribution in [0.1, 0.15) is 0 Å². The SMILES string of the molecule is O=C(O)Cn1[nH]c(=O)c(-c2ccccc2)c1-c1ccccc1. The van der Waals surface area contributed by atoms with E-state index in [1.54, 1.807) is 0 Å². The van der Waals surface area contributed by atoms with E-state index in [9.17, 15) is 9.59 Å². The highest BCUT2D eigenvalue weighted by Crippen LogP contribution is 2.29. The van der Waals surface area contributed by atoms with Gasteiger partial charge in [-0.25, -0.2) is 0 Å². The maximum absolute atomic E-state index is 12.3. The van der Waals surface area contributed by atoms with Gasteiger partial charge in [0.05, 0.1) is 11.3 Å². The van der Waals surface area contributed by atoms with Crippen LogP contribution in [0.5, 0.6) is 0 Å². The zero-order valence-electron chi connectivity index (χ0n) is 11.7. The van der Waals surface area contributed by atoms with E-state index in [-0.39, 0.29) is 12.1 Å². The number of carboxylic acids is 1. The minimum absolute atomic E-state index is 0.299. The first-order valence-corrected chi connectivity index (χ1v) is 6.82. The number of aliphatic carboxylic acids is 1. The molecule has 0 fully saturated rings. The molecule has 0 unspecified atom stereocenters. The quantitative estimate of drug-likeness (QED) is 0.776. The van der Waals surface area contributed by atoms with Gasteiger partial charge in [0.2, 0.25) is 0 Å². The normalized spacial score (nSPS) is 10.5. The third-order valence-corrected chi connectivity index (χ3v) is 3.37. The number of H-pyrrole nitrogens is 1. The van der Waals surface area contributed by atoms with Crippen molar-refractivity contribution in [2.45, 2.75) is 6.54 Å². The average molecular weight is 294 g/mol. The van der Waals surface area contributed by atoms with Crippen LogP contribution >= 0.6 is 0 Å². The Kier molecular flexibility index (Phi) is 3.62. The van der Waals surface area contributed by atoms with Crippen LogP contribution in [-0.4, -0.2) is 20.9 Å². The van der Waals surface area contributed by atoms with E-state index in [0.717, 1.165) is 11.1 Å². The molecule has 1 heterocycles. The summed E-state index contributed by atoms with van der Waals surface area (Å²) in [5, 5.41) is 11.7. The third kappa shape index (κ3) is 2.56. The highest BCUT2D eigenvalue weighted by molar-refractivity contribution is 5.81. The zero-order valence-corrected chi connectivity index (χ0v) is 11.7. The molecule has 3 rings (SSSR count). The van der Waals surface area contributed by atoms with Crippen LogP contribution in [-0.2, 0) is 11.3 Å². The lowest BCUT2D eigenvalue weighted by atomic mass is 10.0. The molecule has 0 bridgehead atoms. The summed E-state index contributed by atoms with van der Waals surface area (Å²) in [7, 11) is 0. The predicted molar refractivity (Wildman–Crippen MR) is 83.6 cm³/mol. The van der Waals surface area contributed by atoms with Gasteiger partial charge in [0.25, 0.3) is 5.56 Å². The molecule has 0 spiro atoms. The van der Waals surface area contributed by atoms with Crippen molar-refractivity contribution in [3.63, 3.8) is 0 Å². The Morgan fingerprint density at radius 3 is 2.05 bits per heavy atom. The Balaban J connectivity index is 2.28. The fourth-order valence-electron chi connectivity index (χ4n) is 2.50. The zero-order chi connectivity index (χ0) is 15.5. The first-order valence-electron chi connectivity index (χ1n) is 6.82. The molecule has 0 radical (unpaired) electrons. The Labute approximate surface area is 126 Å². The average Bonchev–Trinajstić information content (AvgIpc) is 2.84. The highest BCUT2D eigenvalue weighted by atomic mass is 16.4. The van der Waals surface area contributed by atoms with Crippen LogP contribution in [0.15, 0.2) is 65.5 Å². The largest absolute Gasteiger partial charge is 0.480 e. The van der Waals surface area contributed by atoms with Crippen LogP contribution in [0.2, 0.25) is 0 Å². The Bertz CT molecular complexity index is 849. The van der Waals surface area contributed by atoms with Crippen molar-refractivity contribution in [2.75, 3.05) is 0 Å². The highest BCUT2D eigenvalue weighted by Gasteiger charge is 2.19. The number of hydrogen-bond acceptors (Lipinski definition) is 2. The summed E-state index contributed by atoms with van der Waals surface area (Å²) >= 11 is 0. The summed E-state index contributed by atoms with van der Waals surface area (Å²) in [5.74, 6) is -1.01. The molecule has 0 atom stereocenters. The summed E-state index contributed by atoms with van der Waals surface area (Å²) < 4.78 is 1.38. The van der Waals surface area contributed by atoms with Crippen LogP contribution in [0.4, 0.5) is 0 Å². The second kappa shape index (κ2) is 5.73. The van der Waals surface area contributed by atoms with Gasteiger partial charge >= 0.3 is 5.97 Å². The standard InChI is InChI=1S/C17H14N2O3/c20-14(21)11-19-16(13-9-5-2-6-10-13)15(17(22)18-19)12-7-3-1-4-8-12/h1-10H,11H2,(H,18,22)(H,20,21). The first-order chi connectivity index (χ1) is 10.7. The second-order valence-corrected chi connectivity index (χ2v) is 4.88. The lowest BCUT2D eigenvalue weighted by molar-refractivity contribution is -0.137. The van der Waals surface area contributed by atoms with Crippen LogP contribution < -0.4 is 5.56 Å². The van der Waals surface area contributed by atoms with E-state index in [4.69, 9.17) is 5.11 Å². The van der Waals surface area contributed by atoms with Gasteiger partial charge in [-0.05, 0) is 5.56 Å². The second-order valence-electron chi connectivity index (χ2n) is 4.88. The maximum Gasteiger partial charge on any atom is 0.325 e. The van der Waals surface area contributed by atoms with Gasteiger partial charge in [-0.1, -0.05) is 60.7 Å². The summed E-state index contributed by atoms with van der Waals surface area (Å²) in [4.78, 5) is 23.4. The van der Waals surface area contributed by atoms with Crippen molar-refractivity contribution in [2.24, 2.45) is 0 Å². The number of nitrogens with one attached hydrogen (secondary N) is 1. The van der Waals surface area contributed by atoms with Crippen molar-refractivity contribution >= 4 is 5.97 Å². The van der Waals surface area contributed by atoms with Gasteiger partial charge in [-0.15, -0.1) is 0 Å². The molecule has 0 aliphatic heterocycles. The van der Waals surface area contributed by atoms with E-state index >= 15 is 0 Å². The Hall–Kier alpha value is -3.08. The first kappa shape index (κ1) is 13.9. The molecule has 5 nitrogen and oxygen atoms in total. The van der Waals surface area contributed by atoms with Crippen molar-refractivity contribution in [3.8, 4) is 22.4 Å². The van der Waals surface area contributed by atoms with Gasteiger partial charge in [0.15, 0.2) is 0 Å². The van der Waals surface area contributed by atoms with E-state index in [0.29, 0.717) is 11.3 Å². The van der Waals surface area contributed by atoms with Crippen molar-refractivity contribution in [1.82, 2.24) is 9.78 Å². The smallest absolute Gasteiger partial charge is 0.325 e. The number of aromatic amines is 1. The molecule has 0 aliphatic rings. The Morgan fingerprint density at radius 2 is 1.50 bits per heavy atom. The monoisotopic (exact) mass is 294 g/mol. The van der Waals surface area contributed by atoms with Gasteiger partial charge in [0.1, 0.15) is 6.54 Å². The molecule has 2 N–H and O–H groups in total. The molecule has 5 heteroatoms. The molecule has 0 saturated heterocycles. The van der Waals surface area contributed by atoms with Crippen LogP contribution in [0, 0.1) is 0 Å². The number of benzene rings is 2. The third-order valence-electron chi connectivity index (χ3n) is 3.37. The summed E-state index contributed by atoms with van der Waals surface area (Å²) in [6, 6.07) is 18.5. The minimum Gasteiger partial charge on any atom is -0.480 e. The lowest BCUT2D eigenvalue weighted by Gasteiger charge is -2.08. The van der Waals surface area contributed by atoms with Gasteiger partial charge in [-0.3, -0.25) is 19.4 Å². The number of rotatable bonds is 4. The number of hydrogen-bond donors (Lipinski definition) is 2. The van der Waals surface area contributed by atoms with E-state index in [2.05, 4.69) is 5.10 Å². The molecule has 1 aromatic heterocycles.